The number of hydrogen-bond donors (Lipinski definition) is 1. The van der Waals surface area contributed by atoms with E-state index in [0.29, 0.717) is 17.6 Å². The molecule has 5 rings (SSSR count). The van der Waals surface area contributed by atoms with Crippen LogP contribution >= 0.6 is 11.8 Å². The molecular weight excluding hydrogens is 444 g/mol. The minimum atomic E-state index is -0.199. The van der Waals surface area contributed by atoms with Crippen molar-refractivity contribution in [3.8, 4) is 0 Å². The van der Waals surface area contributed by atoms with Gasteiger partial charge in [-0.15, -0.1) is 11.8 Å². The van der Waals surface area contributed by atoms with E-state index in [0.717, 1.165) is 32.6 Å². The third-order valence-corrected chi connectivity index (χ3v) is 6.56. The topological polar surface area (TPSA) is 68.9 Å². The zero-order chi connectivity index (χ0) is 23.7. The van der Waals surface area contributed by atoms with E-state index in [1.165, 1.54) is 0 Å². The molecule has 0 unspecified atom stereocenters. The van der Waals surface area contributed by atoms with Crippen molar-refractivity contribution in [2.24, 2.45) is 0 Å². The summed E-state index contributed by atoms with van der Waals surface area (Å²) in [4.78, 5) is 32.4. The van der Waals surface area contributed by atoms with Crippen LogP contribution in [0.15, 0.2) is 88.8 Å². The molecule has 1 N–H and O–H groups in total. The van der Waals surface area contributed by atoms with E-state index in [4.69, 9.17) is 0 Å². The SMILES string of the molecule is CSc1cccc(NC(=O)Cn2c3ccc(C)cc3c3ncn(Cc4ccccc4)c(=O)c32)c1. The summed E-state index contributed by atoms with van der Waals surface area (Å²) in [6.45, 7) is 2.43. The number of benzene rings is 3. The molecule has 5 aromatic rings. The Hall–Kier alpha value is -3.84. The molecule has 0 saturated carbocycles. The third-order valence-electron chi connectivity index (χ3n) is 5.83. The van der Waals surface area contributed by atoms with Crippen LogP contribution in [0.1, 0.15) is 11.1 Å². The first-order valence-corrected chi connectivity index (χ1v) is 12.2. The molecule has 3 aromatic carbocycles. The molecule has 6 nitrogen and oxygen atoms in total. The molecule has 170 valence electrons. The molecule has 0 aliphatic rings. The molecule has 2 aromatic heterocycles. The van der Waals surface area contributed by atoms with E-state index in [9.17, 15) is 9.59 Å². The third kappa shape index (κ3) is 4.22. The van der Waals surface area contributed by atoms with Crippen LogP contribution in [-0.4, -0.2) is 26.3 Å². The molecule has 2 heterocycles. The first-order chi connectivity index (χ1) is 16.5. The van der Waals surface area contributed by atoms with Gasteiger partial charge in [0.1, 0.15) is 17.6 Å². The summed E-state index contributed by atoms with van der Waals surface area (Å²) < 4.78 is 3.38. The van der Waals surface area contributed by atoms with Crippen LogP contribution in [-0.2, 0) is 17.9 Å². The average Bonchev–Trinajstić information content (AvgIpc) is 3.14. The summed E-state index contributed by atoms with van der Waals surface area (Å²) in [5, 5.41) is 3.84. The van der Waals surface area contributed by atoms with E-state index in [2.05, 4.69) is 10.3 Å². The maximum absolute atomic E-state index is 13.6. The van der Waals surface area contributed by atoms with Crippen molar-refractivity contribution in [3.05, 3.63) is 101 Å². The van der Waals surface area contributed by atoms with Crippen molar-refractivity contribution in [1.29, 1.82) is 0 Å². The van der Waals surface area contributed by atoms with Gasteiger partial charge in [0.2, 0.25) is 5.91 Å². The van der Waals surface area contributed by atoms with Gasteiger partial charge < -0.3 is 9.88 Å². The van der Waals surface area contributed by atoms with Gasteiger partial charge in [-0.1, -0.05) is 48.0 Å². The Morgan fingerprint density at radius 1 is 1.03 bits per heavy atom. The fourth-order valence-electron chi connectivity index (χ4n) is 4.22. The quantitative estimate of drug-likeness (QED) is 0.353. The Morgan fingerprint density at radius 2 is 1.85 bits per heavy atom. The summed E-state index contributed by atoms with van der Waals surface area (Å²) in [7, 11) is 0. The highest BCUT2D eigenvalue weighted by molar-refractivity contribution is 7.98. The van der Waals surface area contributed by atoms with Crippen molar-refractivity contribution in [2.75, 3.05) is 11.6 Å². The summed E-state index contributed by atoms with van der Waals surface area (Å²) in [5.74, 6) is -0.199. The van der Waals surface area contributed by atoms with Crippen LogP contribution in [0.3, 0.4) is 0 Å². The minimum Gasteiger partial charge on any atom is -0.325 e. The number of carbonyl (C=O) groups excluding carboxylic acids is 1. The molecule has 0 radical (unpaired) electrons. The second-order valence-corrected chi connectivity index (χ2v) is 9.13. The Morgan fingerprint density at radius 3 is 2.65 bits per heavy atom. The van der Waals surface area contributed by atoms with Crippen molar-refractivity contribution in [1.82, 2.24) is 14.1 Å². The Balaban J connectivity index is 1.59. The summed E-state index contributed by atoms with van der Waals surface area (Å²) >= 11 is 1.62. The highest BCUT2D eigenvalue weighted by Gasteiger charge is 2.19. The number of thioether (sulfide) groups is 1. The number of amides is 1. The van der Waals surface area contributed by atoms with E-state index in [1.54, 1.807) is 27.2 Å². The monoisotopic (exact) mass is 468 g/mol. The van der Waals surface area contributed by atoms with Gasteiger partial charge in [0.25, 0.3) is 5.56 Å². The van der Waals surface area contributed by atoms with Crippen LogP contribution in [0, 0.1) is 6.92 Å². The van der Waals surface area contributed by atoms with E-state index < -0.39 is 0 Å². The lowest BCUT2D eigenvalue weighted by atomic mass is 10.1. The van der Waals surface area contributed by atoms with Crippen LogP contribution in [0.25, 0.3) is 21.9 Å². The first kappa shape index (κ1) is 22.0. The molecule has 0 saturated heterocycles. The number of hydrogen-bond acceptors (Lipinski definition) is 4. The number of aromatic nitrogens is 3. The van der Waals surface area contributed by atoms with Crippen LogP contribution < -0.4 is 10.9 Å². The predicted molar refractivity (Wildman–Crippen MR) is 139 cm³/mol. The van der Waals surface area contributed by atoms with Gasteiger partial charge >= 0.3 is 0 Å². The van der Waals surface area contributed by atoms with Crippen molar-refractivity contribution in [2.45, 2.75) is 24.9 Å². The van der Waals surface area contributed by atoms with Gasteiger partial charge in [-0.25, -0.2) is 4.98 Å². The van der Waals surface area contributed by atoms with Crippen molar-refractivity contribution < 1.29 is 4.79 Å². The lowest BCUT2D eigenvalue weighted by molar-refractivity contribution is -0.116. The Bertz CT molecular complexity index is 1570. The van der Waals surface area contributed by atoms with Crippen LogP contribution in [0.2, 0.25) is 0 Å². The summed E-state index contributed by atoms with van der Waals surface area (Å²) in [6.07, 6.45) is 3.59. The van der Waals surface area contributed by atoms with Crippen molar-refractivity contribution >= 4 is 45.3 Å². The summed E-state index contributed by atoms with van der Waals surface area (Å²) in [5.41, 5.74) is 4.51. The van der Waals surface area contributed by atoms with Gasteiger partial charge in [0, 0.05) is 16.0 Å². The second-order valence-electron chi connectivity index (χ2n) is 8.25. The highest BCUT2D eigenvalue weighted by atomic mass is 32.2. The number of rotatable bonds is 6. The molecule has 0 aliphatic heterocycles. The molecule has 34 heavy (non-hydrogen) atoms. The lowest BCUT2D eigenvalue weighted by Crippen LogP contribution is -2.25. The standard InChI is InChI=1S/C27H24N4O2S/c1-18-11-12-23-22(13-18)25-26(27(33)30(17-28-25)15-19-7-4-3-5-8-19)31(23)16-24(32)29-20-9-6-10-21(14-20)34-2/h3-14,17H,15-16H2,1-2H3,(H,29,32). The molecule has 0 atom stereocenters. The van der Waals surface area contributed by atoms with Gasteiger partial charge in [-0.05, 0) is 49.1 Å². The number of aryl methyl sites for hydroxylation is 1. The van der Waals surface area contributed by atoms with Crippen LogP contribution in [0.5, 0.6) is 0 Å². The lowest BCUT2D eigenvalue weighted by Gasteiger charge is -2.10. The molecule has 0 spiro atoms. The molecule has 1 amide bonds. The van der Waals surface area contributed by atoms with E-state index in [-0.39, 0.29) is 18.0 Å². The van der Waals surface area contributed by atoms with E-state index >= 15 is 0 Å². The molecule has 7 heteroatoms. The second kappa shape index (κ2) is 9.19. The summed E-state index contributed by atoms with van der Waals surface area (Å²) in [6, 6.07) is 23.5. The number of nitrogens with zero attached hydrogens (tertiary/aromatic N) is 3. The fourth-order valence-corrected chi connectivity index (χ4v) is 4.68. The smallest absolute Gasteiger partial charge is 0.278 e. The molecule has 0 aliphatic carbocycles. The Kier molecular flexibility index (Phi) is 5.94. The highest BCUT2D eigenvalue weighted by Crippen LogP contribution is 2.27. The Labute approximate surface area is 201 Å². The zero-order valence-electron chi connectivity index (χ0n) is 19.0. The largest absolute Gasteiger partial charge is 0.325 e. The van der Waals surface area contributed by atoms with Crippen molar-refractivity contribution in [3.63, 3.8) is 0 Å². The van der Waals surface area contributed by atoms with E-state index in [1.807, 2.05) is 86.0 Å². The molecular formula is C27H24N4O2S. The number of anilines is 1. The number of nitrogens with one attached hydrogen (secondary N) is 1. The maximum atomic E-state index is 13.6. The fraction of sp³-hybridized carbons (Fsp3) is 0.148. The normalized spacial score (nSPS) is 11.2. The first-order valence-electron chi connectivity index (χ1n) is 11.0. The molecule has 0 fully saturated rings. The van der Waals surface area contributed by atoms with Gasteiger partial charge in [0.05, 0.1) is 18.4 Å². The number of carbonyl (C=O) groups is 1. The van der Waals surface area contributed by atoms with Gasteiger partial charge in [-0.2, -0.15) is 0 Å². The molecule has 0 bridgehead atoms. The minimum absolute atomic E-state index is 0.0127. The van der Waals surface area contributed by atoms with Crippen LogP contribution in [0.4, 0.5) is 5.69 Å². The zero-order valence-corrected chi connectivity index (χ0v) is 19.8. The van der Waals surface area contributed by atoms with Gasteiger partial charge in [0.15, 0.2) is 0 Å². The predicted octanol–water partition coefficient (Wildman–Crippen LogP) is 5.07. The maximum Gasteiger partial charge on any atom is 0.278 e. The van der Waals surface area contributed by atoms with Gasteiger partial charge in [-0.3, -0.25) is 14.2 Å². The number of fused-ring (bicyclic) bond motifs is 3. The average molecular weight is 469 g/mol.